The Bertz CT molecular complexity index is 1800. The molecule has 5 nitrogen and oxygen atoms in total. The van der Waals surface area contributed by atoms with Gasteiger partial charge in [-0.3, -0.25) is 4.79 Å². The van der Waals surface area contributed by atoms with Gasteiger partial charge in [0.25, 0.3) is 5.56 Å². The lowest BCUT2D eigenvalue weighted by Crippen LogP contribution is -2.11. The molecule has 180 valence electrons. The molecule has 0 unspecified atom stereocenters. The molecule has 37 heavy (non-hydrogen) atoms. The van der Waals surface area contributed by atoms with Gasteiger partial charge in [-0.1, -0.05) is 48.0 Å². The quantitative estimate of drug-likeness (QED) is 0.219. The third-order valence-electron chi connectivity index (χ3n) is 6.09. The fraction of sp³-hybridized carbons (Fsp3) is 0.0333. The Labute approximate surface area is 222 Å². The van der Waals surface area contributed by atoms with E-state index in [9.17, 15) is 4.79 Å². The van der Waals surface area contributed by atoms with Gasteiger partial charge in [0, 0.05) is 44.2 Å². The molecule has 0 bridgehead atoms. The first kappa shape index (κ1) is 23.3. The van der Waals surface area contributed by atoms with Crippen molar-refractivity contribution in [1.29, 1.82) is 0 Å². The number of rotatable bonds is 6. The molecule has 4 aromatic carbocycles. The summed E-state index contributed by atoms with van der Waals surface area (Å²) < 4.78 is 0. The lowest BCUT2D eigenvalue weighted by molar-refractivity contribution is 1.17. The minimum atomic E-state index is -0.0796. The molecular formula is C30H21ClN4OS. The molecule has 0 spiro atoms. The van der Waals surface area contributed by atoms with Gasteiger partial charge in [-0.25, -0.2) is 9.97 Å². The molecule has 7 heteroatoms. The van der Waals surface area contributed by atoms with Gasteiger partial charge in [0.05, 0.1) is 5.69 Å². The smallest absolute Gasteiger partial charge is 0.252 e. The highest BCUT2D eigenvalue weighted by Gasteiger charge is 2.07. The molecule has 0 atom stereocenters. The third kappa shape index (κ3) is 5.21. The van der Waals surface area contributed by atoms with Crippen LogP contribution in [0.3, 0.4) is 0 Å². The molecule has 0 aliphatic rings. The van der Waals surface area contributed by atoms with Gasteiger partial charge in [-0.15, -0.1) is 11.8 Å². The van der Waals surface area contributed by atoms with Crippen molar-refractivity contribution in [3.05, 3.63) is 124 Å². The molecule has 6 aromatic rings. The van der Waals surface area contributed by atoms with Crippen LogP contribution in [0.4, 0.5) is 11.6 Å². The summed E-state index contributed by atoms with van der Waals surface area (Å²) in [4.78, 5) is 25.6. The number of anilines is 2. The van der Waals surface area contributed by atoms with E-state index in [-0.39, 0.29) is 5.56 Å². The van der Waals surface area contributed by atoms with E-state index in [1.165, 1.54) is 10.8 Å². The minimum absolute atomic E-state index is 0.0796. The second-order valence-corrected chi connectivity index (χ2v) is 10.1. The van der Waals surface area contributed by atoms with Crippen molar-refractivity contribution < 1.29 is 0 Å². The number of hydrogen-bond donors (Lipinski definition) is 2. The zero-order chi connectivity index (χ0) is 25.2. The van der Waals surface area contributed by atoms with E-state index in [0.29, 0.717) is 22.3 Å². The normalized spacial score (nSPS) is 11.2. The van der Waals surface area contributed by atoms with Crippen LogP contribution in [0.2, 0.25) is 5.02 Å². The van der Waals surface area contributed by atoms with Crippen LogP contribution in [-0.4, -0.2) is 15.0 Å². The topological polar surface area (TPSA) is 70.7 Å². The van der Waals surface area contributed by atoms with E-state index >= 15 is 0 Å². The number of benzene rings is 4. The number of nitrogens with one attached hydrogen (secondary N) is 2. The predicted octanol–water partition coefficient (Wildman–Crippen LogP) is 7.83. The van der Waals surface area contributed by atoms with E-state index in [4.69, 9.17) is 16.6 Å². The molecule has 0 saturated heterocycles. The first-order valence-electron chi connectivity index (χ1n) is 11.7. The maximum Gasteiger partial charge on any atom is 0.252 e. The summed E-state index contributed by atoms with van der Waals surface area (Å²) in [5.41, 5.74) is 4.20. The second-order valence-electron chi connectivity index (χ2n) is 8.62. The number of thioether (sulfide) groups is 1. The predicted molar refractivity (Wildman–Crippen MR) is 154 cm³/mol. The standard InChI is InChI=1S/C30H21ClN4OS/c31-24-7-12-27-22(17-24)16-23(29(36)34-27)18-37-26-10-8-25(9-11-26)33-30-32-14-13-28(35-30)21-6-5-19-3-1-2-4-20(19)15-21/h1-17H,18H2,(H,34,36)(H,32,33,35). The van der Waals surface area contributed by atoms with E-state index in [2.05, 4.69) is 45.6 Å². The zero-order valence-corrected chi connectivity index (χ0v) is 21.2. The Morgan fingerprint density at radius 3 is 2.54 bits per heavy atom. The van der Waals surface area contributed by atoms with Crippen LogP contribution in [-0.2, 0) is 5.75 Å². The van der Waals surface area contributed by atoms with Gasteiger partial charge >= 0.3 is 0 Å². The molecule has 0 aliphatic carbocycles. The number of halogens is 1. The summed E-state index contributed by atoms with van der Waals surface area (Å²) in [6, 6.07) is 31.9. The summed E-state index contributed by atoms with van der Waals surface area (Å²) in [6.45, 7) is 0. The molecular weight excluding hydrogens is 500 g/mol. The number of aromatic nitrogens is 3. The highest BCUT2D eigenvalue weighted by atomic mass is 35.5. The van der Waals surface area contributed by atoms with E-state index in [0.717, 1.165) is 32.7 Å². The molecule has 0 amide bonds. The number of fused-ring (bicyclic) bond motifs is 2. The average Bonchev–Trinajstić information content (AvgIpc) is 2.93. The van der Waals surface area contributed by atoms with Crippen LogP contribution < -0.4 is 10.9 Å². The number of H-pyrrole nitrogens is 1. The fourth-order valence-corrected chi connectivity index (χ4v) is 5.23. The van der Waals surface area contributed by atoms with Crippen molar-refractivity contribution in [3.8, 4) is 11.3 Å². The molecule has 6 rings (SSSR count). The van der Waals surface area contributed by atoms with Crippen LogP contribution in [0, 0.1) is 0 Å². The van der Waals surface area contributed by atoms with Crippen molar-refractivity contribution in [2.45, 2.75) is 10.6 Å². The third-order valence-corrected chi connectivity index (χ3v) is 7.38. The first-order chi connectivity index (χ1) is 18.1. The van der Waals surface area contributed by atoms with Gasteiger partial charge in [-0.2, -0.15) is 0 Å². The van der Waals surface area contributed by atoms with Crippen LogP contribution in [0.1, 0.15) is 5.56 Å². The Kier molecular flexibility index (Phi) is 6.35. The largest absolute Gasteiger partial charge is 0.324 e. The highest BCUT2D eigenvalue weighted by Crippen LogP contribution is 2.27. The van der Waals surface area contributed by atoms with Crippen molar-refractivity contribution in [1.82, 2.24) is 15.0 Å². The summed E-state index contributed by atoms with van der Waals surface area (Å²) in [6.07, 6.45) is 1.76. The van der Waals surface area contributed by atoms with Crippen molar-refractivity contribution >= 4 is 56.7 Å². The average molecular weight is 521 g/mol. The van der Waals surface area contributed by atoms with E-state index < -0.39 is 0 Å². The number of nitrogens with zero attached hydrogens (tertiary/aromatic N) is 2. The van der Waals surface area contributed by atoms with Gasteiger partial charge < -0.3 is 10.3 Å². The van der Waals surface area contributed by atoms with Crippen molar-refractivity contribution in [2.75, 3.05) is 5.32 Å². The van der Waals surface area contributed by atoms with Gasteiger partial charge in [0.15, 0.2) is 0 Å². The number of pyridine rings is 1. The van der Waals surface area contributed by atoms with Gasteiger partial charge in [0.2, 0.25) is 5.95 Å². The van der Waals surface area contributed by atoms with Crippen LogP contribution >= 0.6 is 23.4 Å². The van der Waals surface area contributed by atoms with Crippen LogP contribution in [0.5, 0.6) is 0 Å². The fourth-order valence-electron chi connectivity index (χ4n) is 4.18. The lowest BCUT2D eigenvalue weighted by atomic mass is 10.1. The SMILES string of the molecule is O=c1[nH]c2ccc(Cl)cc2cc1CSc1ccc(Nc2nccc(-c3ccc4ccccc4c3)n2)cc1. The Hall–Kier alpha value is -4.13. The summed E-state index contributed by atoms with van der Waals surface area (Å²) >= 11 is 7.71. The molecule has 2 N–H and O–H groups in total. The van der Waals surface area contributed by atoms with E-state index in [1.807, 2.05) is 60.7 Å². The Morgan fingerprint density at radius 2 is 1.68 bits per heavy atom. The second kappa shape index (κ2) is 10.1. The molecule has 0 aliphatic heterocycles. The monoisotopic (exact) mass is 520 g/mol. The number of hydrogen-bond acceptors (Lipinski definition) is 5. The molecule has 0 radical (unpaired) electrons. The minimum Gasteiger partial charge on any atom is -0.324 e. The van der Waals surface area contributed by atoms with Crippen molar-refractivity contribution in [2.24, 2.45) is 0 Å². The summed E-state index contributed by atoms with van der Waals surface area (Å²) in [5, 5.41) is 7.24. The van der Waals surface area contributed by atoms with Crippen molar-refractivity contribution in [3.63, 3.8) is 0 Å². The van der Waals surface area contributed by atoms with Crippen LogP contribution in [0.25, 0.3) is 32.9 Å². The van der Waals surface area contributed by atoms with E-state index in [1.54, 1.807) is 24.0 Å². The summed E-state index contributed by atoms with van der Waals surface area (Å²) in [5.74, 6) is 1.09. The Balaban J connectivity index is 1.15. The summed E-state index contributed by atoms with van der Waals surface area (Å²) in [7, 11) is 0. The van der Waals surface area contributed by atoms with Crippen LogP contribution in [0.15, 0.2) is 113 Å². The maximum atomic E-state index is 12.5. The highest BCUT2D eigenvalue weighted by molar-refractivity contribution is 7.98. The molecule has 2 aromatic heterocycles. The molecule has 0 saturated carbocycles. The molecule has 2 heterocycles. The van der Waals surface area contributed by atoms with Gasteiger partial charge in [0.1, 0.15) is 0 Å². The maximum absolute atomic E-state index is 12.5. The molecule has 0 fully saturated rings. The number of aromatic amines is 1. The lowest BCUT2D eigenvalue weighted by Gasteiger charge is -2.09. The van der Waals surface area contributed by atoms with Gasteiger partial charge in [-0.05, 0) is 76.8 Å². The zero-order valence-electron chi connectivity index (χ0n) is 19.6. The first-order valence-corrected chi connectivity index (χ1v) is 13.1. The Morgan fingerprint density at radius 1 is 0.838 bits per heavy atom.